The van der Waals surface area contributed by atoms with Crippen LogP contribution >= 0.6 is 0 Å². The Hall–Kier alpha value is -2.11. The fourth-order valence-corrected chi connectivity index (χ4v) is 4.96. The summed E-state index contributed by atoms with van der Waals surface area (Å²) in [4.78, 5) is 0. The number of hydrogen-bond acceptors (Lipinski definition) is 3. The van der Waals surface area contributed by atoms with Crippen LogP contribution in [0.5, 0.6) is 5.75 Å². The number of rotatable bonds is 3. The fourth-order valence-electron chi connectivity index (χ4n) is 3.77. The summed E-state index contributed by atoms with van der Waals surface area (Å²) in [5, 5.41) is 1.32. The summed E-state index contributed by atoms with van der Waals surface area (Å²) in [5.74, 6) is 0.957. The number of aryl methyl sites for hydroxylation is 1. The van der Waals surface area contributed by atoms with Crippen LogP contribution in [0.4, 0.5) is 0 Å². The smallest absolute Gasteiger partial charge is 0.236 e. The van der Waals surface area contributed by atoms with Crippen molar-refractivity contribution in [2.75, 3.05) is 13.1 Å². The first-order valence-corrected chi connectivity index (χ1v) is 10.6. The normalized spacial score (nSPS) is 20.0. The molecule has 1 saturated heterocycles. The highest BCUT2D eigenvalue weighted by Gasteiger charge is 2.41. The predicted octanol–water partition coefficient (Wildman–Crippen LogP) is 3.85. The van der Waals surface area contributed by atoms with Crippen molar-refractivity contribution in [3.8, 4) is 5.75 Å². The molecule has 0 bridgehead atoms. The molecule has 2 aromatic rings. The maximum atomic E-state index is 12.6. The van der Waals surface area contributed by atoms with Gasteiger partial charge in [-0.1, -0.05) is 48.5 Å². The zero-order valence-corrected chi connectivity index (χ0v) is 15.5. The molecule has 26 heavy (non-hydrogen) atoms. The summed E-state index contributed by atoms with van der Waals surface area (Å²) in [6.45, 7) is 1.01. The Bertz CT molecular complexity index is 898. The van der Waals surface area contributed by atoms with E-state index in [9.17, 15) is 8.42 Å². The molecular weight excluding hydrogens is 346 g/mol. The zero-order valence-electron chi connectivity index (χ0n) is 14.7. The first-order valence-electron chi connectivity index (χ1n) is 9.07. The van der Waals surface area contributed by atoms with Gasteiger partial charge in [0.25, 0.3) is 0 Å². The minimum absolute atomic E-state index is 0.219. The minimum Gasteiger partial charge on any atom is -0.487 e. The van der Waals surface area contributed by atoms with E-state index in [0.29, 0.717) is 13.1 Å². The number of fused-ring (bicyclic) bond motifs is 1. The lowest BCUT2D eigenvalue weighted by Gasteiger charge is -2.44. The second kappa shape index (κ2) is 6.89. The fraction of sp³-hybridized carbons (Fsp3) is 0.333. The molecule has 1 spiro atoms. The van der Waals surface area contributed by atoms with Crippen molar-refractivity contribution in [2.24, 2.45) is 0 Å². The van der Waals surface area contributed by atoms with Gasteiger partial charge in [0.05, 0.1) is 0 Å². The number of sulfonamides is 1. The van der Waals surface area contributed by atoms with Crippen molar-refractivity contribution in [1.29, 1.82) is 0 Å². The Morgan fingerprint density at radius 3 is 2.38 bits per heavy atom. The largest absolute Gasteiger partial charge is 0.487 e. The molecule has 136 valence electrons. The Labute approximate surface area is 155 Å². The van der Waals surface area contributed by atoms with Gasteiger partial charge in [-0.05, 0) is 36.1 Å². The van der Waals surface area contributed by atoms with Crippen LogP contribution in [-0.2, 0) is 16.4 Å². The molecule has 5 heteroatoms. The Morgan fingerprint density at radius 2 is 1.62 bits per heavy atom. The van der Waals surface area contributed by atoms with Crippen molar-refractivity contribution < 1.29 is 13.2 Å². The molecular formula is C21H23NO3S. The molecule has 4 rings (SSSR count). The van der Waals surface area contributed by atoms with Gasteiger partial charge in [-0.2, -0.15) is 4.31 Å². The third-order valence-electron chi connectivity index (χ3n) is 5.37. The lowest BCUT2D eigenvalue weighted by molar-refractivity contribution is 0.00202. The molecule has 2 aromatic carbocycles. The Kier molecular flexibility index (Phi) is 4.59. The lowest BCUT2D eigenvalue weighted by atomic mass is 9.84. The topological polar surface area (TPSA) is 46.6 Å². The van der Waals surface area contributed by atoms with Gasteiger partial charge in [0, 0.05) is 31.3 Å². The van der Waals surface area contributed by atoms with Crippen LogP contribution in [0.2, 0.25) is 0 Å². The van der Waals surface area contributed by atoms with E-state index in [1.165, 1.54) is 11.0 Å². The molecule has 0 aromatic heterocycles. The first kappa shape index (κ1) is 17.3. The van der Waals surface area contributed by atoms with Gasteiger partial charge in [-0.3, -0.25) is 0 Å². The highest BCUT2D eigenvalue weighted by atomic mass is 32.2. The van der Waals surface area contributed by atoms with Crippen LogP contribution in [0.15, 0.2) is 60.0 Å². The first-order chi connectivity index (χ1) is 12.6. The number of piperidine rings is 1. The van der Waals surface area contributed by atoms with Gasteiger partial charge in [-0.15, -0.1) is 0 Å². The average molecular weight is 369 g/mol. The Morgan fingerprint density at radius 1 is 0.923 bits per heavy atom. The Balaban J connectivity index is 1.43. The van der Waals surface area contributed by atoms with E-state index in [1.807, 2.05) is 48.5 Å². The molecule has 0 atom stereocenters. The molecule has 0 unspecified atom stereocenters. The summed E-state index contributed by atoms with van der Waals surface area (Å²) in [6.07, 6.45) is 5.08. The van der Waals surface area contributed by atoms with Gasteiger partial charge in [0.15, 0.2) is 0 Å². The molecule has 0 aliphatic carbocycles. The van der Waals surface area contributed by atoms with E-state index < -0.39 is 10.0 Å². The third kappa shape index (κ3) is 3.55. The lowest BCUT2D eigenvalue weighted by Crippen LogP contribution is -2.50. The summed E-state index contributed by atoms with van der Waals surface area (Å²) < 4.78 is 33.1. The van der Waals surface area contributed by atoms with E-state index in [-0.39, 0.29) is 5.60 Å². The van der Waals surface area contributed by atoms with E-state index in [0.717, 1.165) is 37.0 Å². The average Bonchev–Trinajstić information content (AvgIpc) is 2.68. The maximum Gasteiger partial charge on any atom is 0.236 e. The summed E-state index contributed by atoms with van der Waals surface area (Å²) >= 11 is 0. The molecule has 0 saturated carbocycles. The standard InChI is InChI=1S/C21H23NO3S/c23-26(24,17-11-18-6-2-1-3-7-18)22-15-13-21(14-16-22)12-10-19-8-4-5-9-20(19)25-21/h1-9,11,17H,10,12-16H2/b17-11+. The SMILES string of the molecule is O=S(=O)(/C=C/c1ccccc1)N1CCC2(CCc3ccccc3O2)CC1. The van der Waals surface area contributed by atoms with Crippen molar-refractivity contribution in [3.63, 3.8) is 0 Å². The number of para-hydroxylation sites is 1. The van der Waals surface area contributed by atoms with Crippen LogP contribution in [0.3, 0.4) is 0 Å². The highest BCUT2D eigenvalue weighted by Crippen LogP contribution is 2.39. The van der Waals surface area contributed by atoms with Gasteiger partial charge in [0.1, 0.15) is 11.4 Å². The molecule has 2 aliphatic heterocycles. The van der Waals surface area contributed by atoms with E-state index in [1.54, 1.807) is 10.4 Å². The zero-order chi connectivity index (χ0) is 18.0. The van der Waals surface area contributed by atoms with Crippen LogP contribution in [0.1, 0.15) is 30.4 Å². The molecule has 4 nitrogen and oxygen atoms in total. The van der Waals surface area contributed by atoms with Gasteiger partial charge < -0.3 is 4.74 Å². The molecule has 2 heterocycles. The quantitative estimate of drug-likeness (QED) is 0.826. The summed E-state index contributed by atoms with van der Waals surface area (Å²) in [6, 6.07) is 17.6. The second-order valence-electron chi connectivity index (χ2n) is 7.05. The van der Waals surface area contributed by atoms with Crippen LogP contribution in [0, 0.1) is 0 Å². The van der Waals surface area contributed by atoms with Crippen molar-refractivity contribution in [1.82, 2.24) is 4.31 Å². The van der Waals surface area contributed by atoms with Gasteiger partial charge in [0.2, 0.25) is 10.0 Å². The molecule has 1 fully saturated rings. The van der Waals surface area contributed by atoms with Crippen molar-refractivity contribution in [3.05, 3.63) is 71.1 Å². The monoisotopic (exact) mass is 369 g/mol. The van der Waals surface area contributed by atoms with Gasteiger partial charge in [-0.25, -0.2) is 8.42 Å². The van der Waals surface area contributed by atoms with Crippen LogP contribution in [-0.4, -0.2) is 31.4 Å². The minimum atomic E-state index is -3.40. The molecule has 0 radical (unpaired) electrons. The van der Waals surface area contributed by atoms with Crippen LogP contribution < -0.4 is 4.74 Å². The summed E-state index contributed by atoms with van der Waals surface area (Å²) in [5.41, 5.74) is 1.92. The number of benzene rings is 2. The van der Waals surface area contributed by atoms with Gasteiger partial charge >= 0.3 is 0 Å². The van der Waals surface area contributed by atoms with Crippen molar-refractivity contribution in [2.45, 2.75) is 31.3 Å². The third-order valence-corrected chi connectivity index (χ3v) is 6.94. The number of ether oxygens (including phenoxy) is 1. The van der Waals surface area contributed by atoms with Crippen molar-refractivity contribution >= 4 is 16.1 Å². The highest BCUT2D eigenvalue weighted by molar-refractivity contribution is 7.92. The second-order valence-corrected chi connectivity index (χ2v) is 8.87. The molecule has 0 N–H and O–H groups in total. The predicted molar refractivity (Wildman–Crippen MR) is 103 cm³/mol. The molecule has 2 aliphatic rings. The summed E-state index contributed by atoms with van der Waals surface area (Å²) in [7, 11) is -3.40. The number of nitrogens with zero attached hydrogens (tertiary/aromatic N) is 1. The number of hydrogen-bond donors (Lipinski definition) is 0. The maximum absolute atomic E-state index is 12.6. The van der Waals surface area contributed by atoms with E-state index in [4.69, 9.17) is 4.74 Å². The van der Waals surface area contributed by atoms with Crippen LogP contribution in [0.25, 0.3) is 6.08 Å². The molecule has 0 amide bonds. The van der Waals surface area contributed by atoms with E-state index >= 15 is 0 Å². The van der Waals surface area contributed by atoms with E-state index in [2.05, 4.69) is 6.07 Å².